The van der Waals surface area contributed by atoms with E-state index in [1.807, 2.05) is 0 Å². The monoisotopic (exact) mass is 250 g/mol. The summed E-state index contributed by atoms with van der Waals surface area (Å²) in [5.74, 6) is -0.687. The third kappa shape index (κ3) is 14.7. The second kappa shape index (κ2) is 13.8. The molecule has 0 aromatic rings. The van der Waals surface area contributed by atoms with Crippen molar-refractivity contribution in [3.8, 4) is 0 Å². The Labute approximate surface area is 111 Å². The number of hydrogen-bond acceptors (Lipinski definition) is 1. The quantitative estimate of drug-likeness (QED) is 0.419. The average molecular weight is 250 g/mol. The van der Waals surface area contributed by atoms with Crippen LogP contribution in [-0.2, 0) is 4.79 Å². The van der Waals surface area contributed by atoms with Crippen molar-refractivity contribution in [2.24, 2.45) is 0 Å². The van der Waals surface area contributed by atoms with Crippen LogP contribution in [0.4, 0.5) is 0 Å². The molecule has 0 bridgehead atoms. The van der Waals surface area contributed by atoms with Gasteiger partial charge < -0.3 is 5.11 Å². The lowest BCUT2D eigenvalue weighted by atomic mass is 10.1. The van der Waals surface area contributed by atoms with E-state index in [9.17, 15) is 4.79 Å². The van der Waals surface area contributed by atoms with Crippen LogP contribution in [0.3, 0.4) is 0 Å². The molecule has 0 saturated carbocycles. The first kappa shape index (κ1) is 16.7. The minimum atomic E-state index is -0.687. The zero-order chi connectivity index (χ0) is 13.5. The van der Waals surface area contributed by atoms with Gasteiger partial charge in [-0.05, 0) is 38.5 Å². The molecule has 0 radical (unpaired) electrons. The second-order valence-corrected chi connectivity index (χ2v) is 4.29. The molecule has 102 valence electrons. The summed E-state index contributed by atoms with van der Waals surface area (Å²) in [4.78, 5) is 10.3. The van der Waals surface area contributed by atoms with Gasteiger partial charge in [0.15, 0.2) is 0 Å². The van der Waals surface area contributed by atoms with Gasteiger partial charge in [-0.3, -0.25) is 4.79 Å². The Morgan fingerprint density at radius 2 is 1.50 bits per heavy atom. The number of allylic oxidation sites excluding steroid dienone is 6. The van der Waals surface area contributed by atoms with Crippen LogP contribution in [0.15, 0.2) is 36.5 Å². The van der Waals surface area contributed by atoms with E-state index >= 15 is 0 Å². The highest BCUT2D eigenvalue weighted by molar-refractivity contribution is 5.66. The summed E-state index contributed by atoms with van der Waals surface area (Å²) < 4.78 is 0. The fraction of sp³-hybridized carbons (Fsp3) is 0.562. The van der Waals surface area contributed by atoms with Gasteiger partial charge in [0.05, 0.1) is 0 Å². The first-order chi connectivity index (χ1) is 8.77. The van der Waals surface area contributed by atoms with Crippen molar-refractivity contribution in [2.45, 2.75) is 58.3 Å². The summed E-state index contributed by atoms with van der Waals surface area (Å²) in [5.41, 5.74) is 0. The lowest BCUT2D eigenvalue weighted by molar-refractivity contribution is -0.137. The first-order valence-electron chi connectivity index (χ1n) is 6.94. The van der Waals surface area contributed by atoms with Crippen molar-refractivity contribution in [1.82, 2.24) is 0 Å². The van der Waals surface area contributed by atoms with Gasteiger partial charge in [0.25, 0.3) is 0 Å². The van der Waals surface area contributed by atoms with Crippen molar-refractivity contribution in [3.05, 3.63) is 36.5 Å². The van der Waals surface area contributed by atoms with Crippen LogP contribution in [0.2, 0.25) is 0 Å². The molecule has 0 atom stereocenters. The van der Waals surface area contributed by atoms with Gasteiger partial charge in [-0.2, -0.15) is 0 Å². The molecule has 18 heavy (non-hydrogen) atoms. The molecule has 0 aromatic carbocycles. The largest absolute Gasteiger partial charge is 0.481 e. The number of hydrogen-bond donors (Lipinski definition) is 1. The number of rotatable bonds is 11. The van der Waals surface area contributed by atoms with Crippen molar-refractivity contribution >= 4 is 5.97 Å². The highest BCUT2D eigenvalue weighted by Gasteiger charge is 1.94. The van der Waals surface area contributed by atoms with Crippen LogP contribution in [0.5, 0.6) is 0 Å². The van der Waals surface area contributed by atoms with Crippen LogP contribution >= 0.6 is 0 Å². The van der Waals surface area contributed by atoms with E-state index in [-0.39, 0.29) is 0 Å². The molecule has 0 aliphatic carbocycles. The summed E-state index contributed by atoms with van der Waals surface area (Å²) >= 11 is 0. The number of carboxylic acid groups (broad SMARTS) is 1. The van der Waals surface area contributed by atoms with Gasteiger partial charge in [-0.15, -0.1) is 0 Å². The van der Waals surface area contributed by atoms with Gasteiger partial charge in [-0.1, -0.05) is 49.8 Å². The number of carbonyl (C=O) groups is 1. The number of unbranched alkanes of at least 4 members (excludes halogenated alkanes) is 3. The van der Waals surface area contributed by atoms with E-state index in [1.165, 1.54) is 0 Å². The van der Waals surface area contributed by atoms with Gasteiger partial charge in [0, 0.05) is 6.42 Å². The topological polar surface area (TPSA) is 37.3 Å². The van der Waals surface area contributed by atoms with Gasteiger partial charge in [0.1, 0.15) is 0 Å². The van der Waals surface area contributed by atoms with Crippen LogP contribution in [0.1, 0.15) is 58.3 Å². The van der Waals surface area contributed by atoms with Crippen molar-refractivity contribution < 1.29 is 9.90 Å². The van der Waals surface area contributed by atoms with E-state index in [0.717, 1.165) is 44.9 Å². The zero-order valence-corrected chi connectivity index (χ0v) is 11.5. The molecule has 0 rings (SSSR count). The summed E-state index contributed by atoms with van der Waals surface area (Å²) in [7, 11) is 0. The standard InChI is InChI=1S/C16H26O2/c1-2-3-4-5-6-7-8-9-10-11-12-13-14-15-16(17)18/h3-4,6-7,9-10H,2,5,8,11-15H2,1H3,(H,17,18). The van der Waals surface area contributed by atoms with E-state index in [2.05, 4.69) is 43.4 Å². The normalized spacial score (nSPS) is 12.1. The Kier molecular flexibility index (Phi) is 12.8. The molecule has 0 saturated heterocycles. The summed E-state index contributed by atoms with van der Waals surface area (Å²) in [6.45, 7) is 2.14. The molecular weight excluding hydrogens is 224 g/mol. The lowest BCUT2D eigenvalue weighted by Gasteiger charge is -1.94. The molecule has 0 fully saturated rings. The fourth-order valence-electron chi connectivity index (χ4n) is 1.54. The predicted molar refractivity (Wildman–Crippen MR) is 77.7 cm³/mol. The molecule has 1 N–H and O–H groups in total. The Morgan fingerprint density at radius 1 is 0.889 bits per heavy atom. The fourth-order valence-corrected chi connectivity index (χ4v) is 1.54. The Morgan fingerprint density at radius 3 is 2.11 bits per heavy atom. The van der Waals surface area contributed by atoms with Crippen LogP contribution in [0.25, 0.3) is 0 Å². The Balaban J connectivity index is 3.27. The van der Waals surface area contributed by atoms with Crippen molar-refractivity contribution in [3.63, 3.8) is 0 Å². The van der Waals surface area contributed by atoms with Crippen LogP contribution < -0.4 is 0 Å². The molecule has 0 aliphatic heterocycles. The third-order valence-corrected chi connectivity index (χ3v) is 2.54. The number of carboxylic acids is 1. The zero-order valence-electron chi connectivity index (χ0n) is 11.5. The maximum atomic E-state index is 10.3. The van der Waals surface area contributed by atoms with Crippen LogP contribution in [0, 0.1) is 0 Å². The molecule has 2 heteroatoms. The van der Waals surface area contributed by atoms with E-state index < -0.39 is 5.97 Å². The van der Waals surface area contributed by atoms with Gasteiger partial charge >= 0.3 is 5.97 Å². The van der Waals surface area contributed by atoms with Gasteiger partial charge in [0.2, 0.25) is 0 Å². The molecule has 0 aliphatic rings. The van der Waals surface area contributed by atoms with E-state index in [0.29, 0.717) is 6.42 Å². The van der Waals surface area contributed by atoms with E-state index in [4.69, 9.17) is 5.11 Å². The lowest BCUT2D eigenvalue weighted by Crippen LogP contribution is -1.93. The maximum Gasteiger partial charge on any atom is 0.303 e. The molecule has 0 heterocycles. The molecule has 2 nitrogen and oxygen atoms in total. The Bertz CT molecular complexity index is 275. The maximum absolute atomic E-state index is 10.3. The molecular formula is C16H26O2. The summed E-state index contributed by atoms with van der Waals surface area (Å²) in [5, 5.41) is 8.46. The SMILES string of the molecule is CCC=CCC=CCC=CCCCCCC(=O)O. The average Bonchev–Trinajstić information content (AvgIpc) is 2.34. The van der Waals surface area contributed by atoms with Crippen molar-refractivity contribution in [1.29, 1.82) is 0 Å². The minimum Gasteiger partial charge on any atom is -0.481 e. The summed E-state index contributed by atoms with van der Waals surface area (Å²) in [6.07, 6.45) is 20.5. The predicted octanol–water partition coefficient (Wildman–Crippen LogP) is 4.88. The number of aliphatic carboxylic acids is 1. The summed E-state index contributed by atoms with van der Waals surface area (Å²) in [6, 6.07) is 0. The smallest absolute Gasteiger partial charge is 0.303 e. The highest BCUT2D eigenvalue weighted by Crippen LogP contribution is 2.04. The highest BCUT2D eigenvalue weighted by atomic mass is 16.4. The molecule has 0 aromatic heterocycles. The second-order valence-electron chi connectivity index (χ2n) is 4.29. The molecule has 0 unspecified atom stereocenters. The molecule has 0 amide bonds. The Hall–Kier alpha value is -1.31. The van der Waals surface area contributed by atoms with Gasteiger partial charge in [-0.25, -0.2) is 0 Å². The molecule has 0 spiro atoms. The third-order valence-electron chi connectivity index (χ3n) is 2.54. The van der Waals surface area contributed by atoms with Crippen LogP contribution in [-0.4, -0.2) is 11.1 Å². The van der Waals surface area contributed by atoms with E-state index in [1.54, 1.807) is 0 Å². The van der Waals surface area contributed by atoms with Crippen molar-refractivity contribution in [2.75, 3.05) is 0 Å². The minimum absolute atomic E-state index is 0.303. The first-order valence-corrected chi connectivity index (χ1v) is 6.94.